The van der Waals surface area contributed by atoms with Gasteiger partial charge >= 0.3 is 6.01 Å². The van der Waals surface area contributed by atoms with Crippen LogP contribution >= 0.6 is 0 Å². The summed E-state index contributed by atoms with van der Waals surface area (Å²) in [4.78, 5) is 9.46. The highest BCUT2D eigenvalue weighted by atomic mass is 19.3. The molecule has 5 aromatic rings. The van der Waals surface area contributed by atoms with Gasteiger partial charge in [-0.25, -0.2) is 22.7 Å². The minimum Gasteiger partial charge on any atom is -0.403 e. The fourth-order valence-electron chi connectivity index (χ4n) is 4.20. The summed E-state index contributed by atoms with van der Waals surface area (Å²) in [5.41, 5.74) is 2.97. The second-order valence-electron chi connectivity index (χ2n) is 7.67. The Hall–Kier alpha value is -4.15. The molecule has 0 bridgehead atoms. The van der Waals surface area contributed by atoms with Crippen molar-refractivity contribution in [1.82, 2.24) is 29.8 Å². The molecule has 0 radical (unpaired) electrons. The molecule has 0 fully saturated rings. The first-order chi connectivity index (χ1) is 16.1. The highest BCUT2D eigenvalue weighted by Crippen LogP contribution is 2.37. The lowest BCUT2D eigenvalue weighted by atomic mass is 10.00. The first kappa shape index (κ1) is 19.5. The fraction of sp³-hybridized carbons (Fsp3) is 0.182. The van der Waals surface area contributed by atoms with Crippen LogP contribution in [0.15, 0.2) is 59.4 Å². The Morgan fingerprint density at radius 1 is 1.12 bits per heavy atom. The van der Waals surface area contributed by atoms with Crippen LogP contribution in [0, 0.1) is 5.82 Å². The zero-order valence-corrected chi connectivity index (χ0v) is 17.0. The lowest BCUT2D eigenvalue weighted by molar-refractivity contribution is 0.152. The van der Waals surface area contributed by atoms with E-state index in [9.17, 15) is 13.2 Å². The van der Waals surface area contributed by atoms with Crippen LogP contribution in [0.2, 0.25) is 0 Å². The molecule has 1 atom stereocenters. The number of H-pyrrole nitrogens is 1. The molecule has 0 amide bonds. The van der Waals surface area contributed by atoms with Crippen molar-refractivity contribution in [2.75, 3.05) is 11.4 Å². The molecule has 1 aliphatic rings. The van der Waals surface area contributed by atoms with Gasteiger partial charge < -0.3 is 14.3 Å². The predicted octanol–water partition coefficient (Wildman–Crippen LogP) is 4.34. The van der Waals surface area contributed by atoms with Gasteiger partial charge in [0.2, 0.25) is 5.89 Å². The van der Waals surface area contributed by atoms with E-state index in [4.69, 9.17) is 4.42 Å². The van der Waals surface area contributed by atoms with E-state index in [1.807, 2.05) is 4.90 Å². The summed E-state index contributed by atoms with van der Waals surface area (Å²) in [6.07, 6.45) is 1.24. The number of aromatic nitrogens is 6. The van der Waals surface area contributed by atoms with E-state index in [0.717, 1.165) is 5.69 Å². The van der Waals surface area contributed by atoms with Crippen molar-refractivity contribution < 1.29 is 17.6 Å². The summed E-state index contributed by atoms with van der Waals surface area (Å²) in [5.74, 6) is -0.123. The molecular formula is C22H16F3N7O. The van der Waals surface area contributed by atoms with Gasteiger partial charge in [0.25, 0.3) is 6.43 Å². The summed E-state index contributed by atoms with van der Waals surface area (Å²) in [6.45, 7) is 0.514. The Kier molecular flexibility index (Phi) is 4.42. The second kappa shape index (κ2) is 7.47. The van der Waals surface area contributed by atoms with Crippen molar-refractivity contribution in [3.05, 3.63) is 83.5 Å². The molecule has 5 heterocycles. The smallest absolute Gasteiger partial charge is 0.319 e. The van der Waals surface area contributed by atoms with Gasteiger partial charge in [-0.15, -0.1) is 5.10 Å². The maximum atomic E-state index is 13.5. The summed E-state index contributed by atoms with van der Waals surface area (Å²) in [7, 11) is 0. The van der Waals surface area contributed by atoms with E-state index in [2.05, 4.69) is 25.3 Å². The molecule has 6 rings (SSSR count). The Balaban J connectivity index is 1.45. The number of aromatic amines is 1. The monoisotopic (exact) mass is 451 g/mol. The molecular weight excluding hydrogens is 435 g/mol. The normalized spacial score (nSPS) is 16.0. The van der Waals surface area contributed by atoms with Gasteiger partial charge in [0, 0.05) is 36.0 Å². The molecule has 1 N–H and O–H groups in total. The minimum absolute atomic E-state index is 0.0998. The number of fused-ring (bicyclic) bond motifs is 2. The predicted molar refractivity (Wildman–Crippen MR) is 111 cm³/mol. The molecule has 0 saturated carbocycles. The number of nitrogens with one attached hydrogen (secondary N) is 1. The molecule has 1 aliphatic heterocycles. The van der Waals surface area contributed by atoms with Crippen LogP contribution in [0.4, 0.5) is 19.2 Å². The Morgan fingerprint density at radius 3 is 2.79 bits per heavy atom. The largest absolute Gasteiger partial charge is 0.403 e. The number of imidazole rings is 1. The van der Waals surface area contributed by atoms with E-state index >= 15 is 0 Å². The number of hydrogen-bond donors (Lipinski definition) is 1. The van der Waals surface area contributed by atoms with Gasteiger partial charge in [-0.1, -0.05) is 5.10 Å². The zero-order valence-electron chi connectivity index (χ0n) is 17.0. The molecule has 0 saturated heterocycles. The number of halogens is 3. The van der Waals surface area contributed by atoms with E-state index in [1.165, 1.54) is 28.8 Å². The molecule has 166 valence electrons. The molecule has 0 unspecified atom stereocenters. The van der Waals surface area contributed by atoms with Gasteiger partial charge in [0.05, 0.1) is 23.2 Å². The van der Waals surface area contributed by atoms with E-state index in [-0.39, 0.29) is 23.3 Å². The standard InChI is InChI=1S/C22H16F3N7O/c23-13-5-3-12(4-6-13)21-28-29-22(33-21)31-9-7-15-18(27-11-26-15)19(31)16-10-17-14(20(24)25)2-1-8-32(17)30-16/h1-6,8,10-11,19-20H,7,9H2,(H,26,27)/t19-/m0/s1. The molecule has 33 heavy (non-hydrogen) atoms. The number of nitrogens with zero attached hydrogens (tertiary/aromatic N) is 6. The Bertz CT molecular complexity index is 1440. The fourth-order valence-corrected chi connectivity index (χ4v) is 4.20. The van der Waals surface area contributed by atoms with Crippen molar-refractivity contribution >= 4 is 11.5 Å². The number of hydrogen-bond acceptors (Lipinski definition) is 6. The molecule has 0 spiro atoms. The van der Waals surface area contributed by atoms with Crippen LogP contribution in [-0.2, 0) is 6.42 Å². The van der Waals surface area contributed by atoms with E-state index < -0.39 is 12.5 Å². The number of rotatable bonds is 4. The van der Waals surface area contributed by atoms with Gasteiger partial charge in [-0.05, 0) is 42.5 Å². The topological polar surface area (TPSA) is 88.1 Å². The summed E-state index contributed by atoms with van der Waals surface area (Å²) in [6, 6.07) is 10.0. The molecule has 8 nitrogen and oxygen atoms in total. The Morgan fingerprint density at radius 2 is 1.97 bits per heavy atom. The van der Waals surface area contributed by atoms with Gasteiger partial charge in [0.15, 0.2) is 0 Å². The van der Waals surface area contributed by atoms with Crippen LogP contribution < -0.4 is 4.90 Å². The Labute approximate surface area is 184 Å². The van der Waals surface area contributed by atoms with Crippen molar-refractivity contribution in [3.8, 4) is 11.5 Å². The zero-order chi connectivity index (χ0) is 22.5. The van der Waals surface area contributed by atoms with E-state index in [1.54, 1.807) is 30.7 Å². The SMILES string of the molecule is Fc1ccc(-c2nnc(N3CCc4[nH]cnc4[C@@H]3c3cc4c(C(F)F)cccn4n3)o2)cc1. The molecule has 1 aromatic carbocycles. The van der Waals surface area contributed by atoms with Crippen LogP contribution in [-0.4, -0.2) is 36.3 Å². The number of alkyl halides is 2. The molecule has 11 heteroatoms. The summed E-state index contributed by atoms with van der Waals surface area (Å²) in [5, 5.41) is 12.9. The lowest BCUT2D eigenvalue weighted by Crippen LogP contribution is -2.36. The van der Waals surface area contributed by atoms with Crippen molar-refractivity contribution in [1.29, 1.82) is 0 Å². The first-order valence-corrected chi connectivity index (χ1v) is 10.2. The average molecular weight is 451 g/mol. The van der Waals surface area contributed by atoms with Gasteiger partial charge in [-0.3, -0.25) is 0 Å². The number of pyridine rings is 1. The second-order valence-corrected chi connectivity index (χ2v) is 7.67. The third-order valence-corrected chi connectivity index (χ3v) is 5.74. The quantitative estimate of drug-likeness (QED) is 0.438. The lowest BCUT2D eigenvalue weighted by Gasteiger charge is -2.32. The minimum atomic E-state index is -2.63. The highest BCUT2D eigenvalue weighted by molar-refractivity contribution is 5.58. The highest BCUT2D eigenvalue weighted by Gasteiger charge is 2.36. The van der Waals surface area contributed by atoms with Crippen molar-refractivity contribution in [2.24, 2.45) is 0 Å². The third-order valence-electron chi connectivity index (χ3n) is 5.74. The van der Waals surface area contributed by atoms with Crippen molar-refractivity contribution in [3.63, 3.8) is 0 Å². The van der Waals surface area contributed by atoms with Crippen LogP contribution in [0.1, 0.15) is 35.1 Å². The number of benzene rings is 1. The van der Waals surface area contributed by atoms with Crippen LogP contribution in [0.25, 0.3) is 17.0 Å². The van der Waals surface area contributed by atoms with E-state index in [0.29, 0.717) is 35.4 Å². The van der Waals surface area contributed by atoms with Crippen molar-refractivity contribution in [2.45, 2.75) is 18.9 Å². The maximum Gasteiger partial charge on any atom is 0.319 e. The average Bonchev–Trinajstić information content (AvgIpc) is 3.57. The first-order valence-electron chi connectivity index (χ1n) is 10.2. The number of anilines is 1. The summed E-state index contributed by atoms with van der Waals surface area (Å²) >= 11 is 0. The van der Waals surface area contributed by atoms with Gasteiger partial charge in [-0.2, -0.15) is 5.10 Å². The van der Waals surface area contributed by atoms with Crippen LogP contribution in [0.3, 0.4) is 0 Å². The molecule has 0 aliphatic carbocycles. The molecule has 4 aromatic heterocycles. The third kappa shape index (κ3) is 3.23. The summed E-state index contributed by atoms with van der Waals surface area (Å²) < 4.78 is 47.7. The van der Waals surface area contributed by atoms with Gasteiger partial charge in [0.1, 0.15) is 11.9 Å². The van der Waals surface area contributed by atoms with Crippen LogP contribution in [0.5, 0.6) is 0 Å². The maximum absolute atomic E-state index is 13.5.